The van der Waals surface area contributed by atoms with Crippen LogP contribution in [-0.2, 0) is 11.3 Å². The quantitative estimate of drug-likeness (QED) is 0.888. The van der Waals surface area contributed by atoms with E-state index in [-0.39, 0.29) is 5.91 Å². The fraction of sp³-hybridized carbons (Fsp3) is 0.636. The van der Waals surface area contributed by atoms with Gasteiger partial charge in [-0.2, -0.15) is 9.61 Å². The Morgan fingerprint density at radius 3 is 3.06 bits per heavy atom. The minimum atomic E-state index is 0.0749. The maximum absolute atomic E-state index is 11.4. The summed E-state index contributed by atoms with van der Waals surface area (Å²) in [5.74, 6) is 1.57. The summed E-state index contributed by atoms with van der Waals surface area (Å²) in [7, 11) is 0. The molecule has 0 aromatic carbocycles. The molecule has 2 aromatic heterocycles. The zero-order valence-corrected chi connectivity index (χ0v) is 11.0. The number of nitrogens with one attached hydrogen (secondary N) is 1. The Hall–Kier alpha value is -1.50. The number of amides is 1. The largest absolute Gasteiger partial charge is 0.350 e. The van der Waals surface area contributed by atoms with Crippen LogP contribution >= 0.6 is 11.3 Å². The first kappa shape index (κ1) is 11.6. The highest BCUT2D eigenvalue weighted by atomic mass is 32.1. The van der Waals surface area contributed by atoms with Gasteiger partial charge in [-0.05, 0) is 19.3 Å². The van der Waals surface area contributed by atoms with E-state index in [1.54, 1.807) is 0 Å². The van der Waals surface area contributed by atoms with Gasteiger partial charge in [-0.1, -0.05) is 18.3 Å². The highest BCUT2D eigenvalue weighted by Gasteiger charge is 2.29. The SMILES string of the molecule is CCCC(=O)NCc1nn2c(C3CC3)nnc2s1. The van der Waals surface area contributed by atoms with Crippen LogP contribution in [0.25, 0.3) is 4.96 Å². The van der Waals surface area contributed by atoms with Crippen LogP contribution in [-0.4, -0.2) is 25.7 Å². The Labute approximate surface area is 108 Å². The fourth-order valence-corrected chi connectivity index (χ4v) is 2.61. The third kappa shape index (κ3) is 2.22. The van der Waals surface area contributed by atoms with Crippen LogP contribution in [0.5, 0.6) is 0 Å². The van der Waals surface area contributed by atoms with E-state index in [1.807, 2.05) is 11.4 Å². The molecule has 0 saturated heterocycles. The van der Waals surface area contributed by atoms with Gasteiger partial charge < -0.3 is 5.32 Å². The van der Waals surface area contributed by atoms with Crippen molar-refractivity contribution in [2.45, 2.75) is 45.1 Å². The highest BCUT2D eigenvalue weighted by molar-refractivity contribution is 7.16. The molecule has 0 unspecified atom stereocenters. The van der Waals surface area contributed by atoms with E-state index in [9.17, 15) is 4.79 Å². The molecular weight excluding hydrogens is 250 g/mol. The summed E-state index contributed by atoms with van der Waals surface area (Å²) < 4.78 is 1.82. The van der Waals surface area contributed by atoms with Crippen molar-refractivity contribution in [3.05, 3.63) is 10.8 Å². The lowest BCUT2D eigenvalue weighted by Gasteiger charge is -1.99. The number of carbonyl (C=O) groups is 1. The van der Waals surface area contributed by atoms with Crippen molar-refractivity contribution in [1.29, 1.82) is 0 Å². The second-order valence-electron chi connectivity index (χ2n) is 4.55. The molecule has 0 atom stereocenters. The van der Waals surface area contributed by atoms with Crippen molar-refractivity contribution < 1.29 is 4.79 Å². The number of rotatable bonds is 5. The van der Waals surface area contributed by atoms with Crippen molar-refractivity contribution in [2.75, 3.05) is 0 Å². The van der Waals surface area contributed by atoms with Gasteiger partial charge in [-0.3, -0.25) is 4.79 Å². The molecule has 96 valence electrons. The predicted octanol–water partition coefficient (Wildman–Crippen LogP) is 1.48. The van der Waals surface area contributed by atoms with E-state index in [0.717, 1.165) is 22.2 Å². The monoisotopic (exact) mass is 265 g/mol. The molecule has 1 aliphatic carbocycles. The van der Waals surface area contributed by atoms with Crippen molar-refractivity contribution >= 4 is 22.2 Å². The maximum Gasteiger partial charge on any atom is 0.234 e. The Morgan fingerprint density at radius 2 is 2.33 bits per heavy atom. The molecule has 1 saturated carbocycles. The summed E-state index contributed by atoms with van der Waals surface area (Å²) in [5.41, 5.74) is 0. The average molecular weight is 265 g/mol. The van der Waals surface area contributed by atoms with Gasteiger partial charge >= 0.3 is 0 Å². The molecular formula is C11H15N5OS. The second kappa shape index (κ2) is 4.64. The molecule has 2 aromatic rings. The minimum Gasteiger partial charge on any atom is -0.350 e. The van der Waals surface area contributed by atoms with Crippen LogP contribution in [0.3, 0.4) is 0 Å². The first-order chi connectivity index (χ1) is 8.78. The number of hydrogen-bond acceptors (Lipinski definition) is 5. The lowest BCUT2D eigenvalue weighted by molar-refractivity contribution is -0.121. The summed E-state index contributed by atoms with van der Waals surface area (Å²) >= 11 is 1.49. The van der Waals surface area contributed by atoms with Crippen LogP contribution in [0.2, 0.25) is 0 Å². The van der Waals surface area contributed by atoms with Crippen LogP contribution in [0, 0.1) is 0 Å². The van der Waals surface area contributed by atoms with Gasteiger partial charge in [0.05, 0.1) is 6.54 Å². The summed E-state index contributed by atoms with van der Waals surface area (Å²) in [6.07, 6.45) is 3.79. The van der Waals surface area contributed by atoms with Gasteiger partial charge in [0, 0.05) is 12.3 Å². The van der Waals surface area contributed by atoms with Crippen molar-refractivity contribution in [3.63, 3.8) is 0 Å². The van der Waals surface area contributed by atoms with Crippen molar-refractivity contribution in [2.24, 2.45) is 0 Å². The molecule has 1 fully saturated rings. The molecule has 0 radical (unpaired) electrons. The fourth-order valence-electron chi connectivity index (χ4n) is 1.83. The Kier molecular flexibility index (Phi) is 2.99. The van der Waals surface area contributed by atoms with Crippen LogP contribution < -0.4 is 5.32 Å². The first-order valence-corrected chi connectivity index (χ1v) is 7.07. The lowest BCUT2D eigenvalue weighted by atomic mass is 10.3. The van der Waals surface area contributed by atoms with Gasteiger partial charge in [0.2, 0.25) is 10.9 Å². The second-order valence-corrected chi connectivity index (χ2v) is 5.59. The average Bonchev–Trinajstić information content (AvgIpc) is 2.99. The molecule has 1 N–H and O–H groups in total. The Morgan fingerprint density at radius 1 is 1.50 bits per heavy atom. The topological polar surface area (TPSA) is 72.2 Å². The summed E-state index contributed by atoms with van der Waals surface area (Å²) in [6, 6.07) is 0. The number of carbonyl (C=O) groups excluding carboxylic acids is 1. The van der Waals surface area contributed by atoms with Gasteiger partial charge in [0.25, 0.3) is 0 Å². The lowest BCUT2D eigenvalue weighted by Crippen LogP contribution is -2.22. The Bertz CT molecular complexity index is 571. The van der Waals surface area contributed by atoms with Gasteiger partial charge in [0.1, 0.15) is 5.01 Å². The molecule has 0 bridgehead atoms. The third-order valence-corrected chi connectivity index (χ3v) is 3.81. The normalized spacial score (nSPS) is 15.2. The summed E-state index contributed by atoms with van der Waals surface area (Å²) in [4.78, 5) is 12.2. The zero-order valence-electron chi connectivity index (χ0n) is 10.2. The van der Waals surface area contributed by atoms with Gasteiger partial charge in [0.15, 0.2) is 5.82 Å². The third-order valence-electron chi connectivity index (χ3n) is 2.91. The smallest absolute Gasteiger partial charge is 0.234 e. The predicted molar refractivity (Wildman–Crippen MR) is 67.4 cm³/mol. The van der Waals surface area contributed by atoms with Crippen molar-refractivity contribution in [3.8, 4) is 0 Å². The van der Waals surface area contributed by atoms with Gasteiger partial charge in [-0.25, -0.2) is 0 Å². The van der Waals surface area contributed by atoms with Crippen LogP contribution in [0.15, 0.2) is 0 Å². The molecule has 18 heavy (non-hydrogen) atoms. The Balaban J connectivity index is 1.71. The number of hydrogen-bond donors (Lipinski definition) is 1. The zero-order chi connectivity index (χ0) is 12.5. The molecule has 2 heterocycles. The van der Waals surface area contributed by atoms with E-state index >= 15 is 0 Å². The molecule has 3 rings (SSSR count). The van der Waals surface area contributed by atoms with E-state index in [0.29, 0.717) is 18.9 Å². The minimum absolute atomic E-state index is 0.0749. The molecule has 6 nitrogen and oxygen atoms in total. The standard InChI is InChI=1S/C11H15N5OS/c1-2-3-8(17)12-6-9-15-16-10(7-4-5-7)13-14-11(16)18-9/h7H,2-6H2,1H3,(H,12,17). The van der Waals surface area contributed by atoms with Crippen LogP contribution in [0.4, 0.5) is 0 Å². The van der Waals surface area contributed by atoms with E-state index in [2.05, 4.69) is 20.6 Å². The van der Waals surface area contributed by atoms with E-state index in [4.69, 9.17) is 0 Å². The van der Waals surface area contributed by atoms with Gasteiger partial charge in [-0.15, -0.1) is 10.2 Å². The molecule has 1 amide bonds. The number of nitrogens with zero attached hydrogens (tertiary/aromatic N) is 4. The van der Waals surface area contributed by atoms with Crippen molar-refractivity contribution in [1.82, 2.24) is 25.1 Å². The summed E-state index contributed by atoms with van der Waals surface area (Å²) in [6.45, 7) is 2.47. The first-order valence-electron chi connectivity index (χ1n) is 6.25. The van der Waals surface area contributed by atoms with E-state index < -0.39 is 0 Å². The van der Waals surface area contributed by atoms with E-state index in [1.165, 1.54) is 24.2 Å². The molecule has 7 heteroatoms. The molecule has 0 spiro atoms. The number of aromatic nitrogens is 4. The molecule has 0 aliphatic heterocycles. The maximum atomic E-state index is 11.4. The molecule has 1 aliphatic rings. The highest BCUT2D eigenvalue weighted by Crippen LogP contribution is 2.39. The summed E-state index contributed by atoms with van der Waals surface area (Å²) in [5, 5.41) is 16.5. The number of fused-ring (bicyclic) bond motifs is 1. The van der Waals surface area contributed by atoms with Crippen LogP contribution in [0.1, 0.15) is 49.4 Å².